The quantitative estimate of drug-likeness (QED) is 0.699. The van der Waals surface area contributed by atoms with Gasteiger partial charge in [-0.15, -0.1) is 0 Å². The molecule has 1 N–H and O–H groups in total. The summed E-state index contributed by atoms with van der Waals surface area (Å²) in [5.41, 5.74) is 1.93. The zero-order valence-corrected chi connectivity index (χ0v) is 16.2. The van der Waals surface area contributed by atoms with Gasteiger partial charge in [0.2, 0.25) is 5.91 Å². The van der Waals surface area contributed by atoms with Crippen LogP contribution in [0, 0.1) is 6.92 Å². The number of hydrogen-bond donors (Lipinski definition) is 1. The first-order valence-corrected chi connectivity index (χ1v) is 10.3. The number of anilines is 1. The molecule has 0 aliphatic rings. The average Bonchev–Trinajstić information content (AvgIpc) is 2.62. The topological polar surface area (TPSA) is 89.5 Å². The van der Waals surface area contributed by atoms with E-state index in [1.165, 1.54) is 0 Å². The van der Waals surface area contributed by atoms with E-state index in [1.54, 1.807) is 55.5 Å². The molecule has 1 amide bonds. The molecule has 0 fully saturated rings. The first-order chi connectivity index (χ1) is 12.8. The molecular formula is C20H23NO5S. The van der Waals surface area contributed by atoms with Gasteiger partial charge in [0.05, 0.1) is 22.8 Å². The van der Waals surface area contributed by atoms with E-state index in [9.17, 15) is 18.0 Å². The van der Waals surface area contributed by atoms with Crippen molar-refractivity contribution in [3.8, 4) is 0 Å². The number of ether oxygens (including phenoxy) is 1. The molecular weight excluding hydrogens is 366 g/mol. The number of amides is 1. The normalized spacial score (nSPS) is 11.0. The van der Waals surface area contributed by atoms with E-state index in [-0.39, 0.29) is 29.4 Å². The second-order valence-electron chi connectivity index (χ2n) is 6.08. The highest BCUT2D eigenvalue weighted by Crippen LogP contribution is 2.15. The summed E-state index contributed by atoms with van der Waals surface area (Å²) in [5.74, 6) is -0.791. The van der Waals surface area contributed by atoms with Crippen LogP contribution in [0.15, 0.2) is 53.4 Å². The van der Waals surface area contributed by atoms with E-state index in [0.717, 1.165) is 5.56 Å². The van der Waals surface area contributed by atoms with Crippen LogP contribution < -0.4 is 5.32 Å². The van der Waals surface area contributed by atoms with E-state index in [1.807, 2.05) is 6.92 Å². The zero-order chi connectivity index (χ0) is 19.9. The third kappa shape index (κ3) is 6.21. The van der Waals surface area contributed by atoms with Gasteiger partial charge in [-0.2, -0.15) is 0 Å². The monoisotopic (exact) mass is 389 g/mol. The molecule has 0 aliphatic heterocycles. The van der Waals surface area contributed by atoms with Crippen molar-refractivity contribution >= 4 is 27.4 Å². The third-order valence-corrected chi connectivity index (χ3v) is 5.69. The Kier molecular flexibility index (Phi) is 7.12. The molecule has 0 bridgehead atoms. The summed E-state index contributed by atoms with van der Waals surface area (Å²) < 4.78 is 29.4. The Labute approximate surface area is 159 Å². The smallest absolute Gasteiger partial charge is 0.338 e. The van der Waals surface area contributed by atoms with Gasteiger partial charge >= 0.3 is 5.97 Å². The number of esters is 1. The number of sulfone groups is 1. The lowest BCUT2D eigenvalue weighted by atomic mass is 10.2. The van der Waals surface area contributed by atoms with Crippen molar-refractivity contribution in [2.75, 3.05) is 17.7 Å². The Morgan fingerprint density at radius 2 is 1.63 bits per heavy atom. The molecule has 2 aromatic rings. The Balaban J connectivity index is 1.84. The standard InChI is InChI=1S/C20H23NO5S/c1-3-26-20(23)16-8-10-17(11-9-16)21-19(22)5-4-14-27(24,25)18-12-6-15(2)7-13-18/h6-13H,3-5,14H2,1-2H3,(H,21,22). The van der Waals surface area contributed by atoms with Gasteiger partial charge in [-0.05, 0) is 56.7 Å². The van der Waals surface area contributed by atoms with Crippen molar-refractivity contribution in [2.24, 2.45) is 0 Å². The Morgan fingerprint density at radius 3 is 2.22 bits per heavy atom. The summed E-state index contributed by atoms with van der Waals surface area (Å²) in [6.45, 7) is 3.91. The fraction of sp³-hybridized carbons (Fsp3) is 0.300. The maximum atomic E-state index is 12.3. The fourth-order valence-electron chi connectivity index (χ4n) is 2.41. The summed E-state index contributed by atoms with van der Waals surface area (Å²) in [6.07, 6.45) is 0.313. The van der Waals surface area contributed by atoms with E-state index < -0.39 is 15.8 Å². The van der Waals surface area contributed by atoms with E-state index in [2.05, 4.69) is 5.32 Å². The SMILES string of the molecule is CCOC(=O)c1ccc(NC(=O)CCCS(=O)(=O)c2ccc(C)cc2)cc1. The summed E-state index contributed by atoms with van der Waals surface area (Å²) in [6, 6.07) is 13.0. The molecule has 0 unspecified atom stereocenters. The minimum absolute atomic E-state index is 0.0880. The molecule has 2 aromatic carbocycles. The van der Waals surface area contributed by atoms with Gasteiger partial charge in [-0.25, -0.2) is 13.2 Å². The maximum absolute atomic E-state index is 12.3. The van der Waals surface area contributed by atoms with Crippen molar-refractivity contribution in [2.45, 2.75) is 31.6 Å². The third-order valence-electron chi connectivity index (χ3n) is 3.88. The van der Waals surface area contributed by atoms with Crippen LogP contribution in [0.25, 0.3) is 0 Å². The van der Waals surface area contributed by atoms with Gasteiger partial charge in [0.1, 0.15) is 0 Å². The minimum Gasteiger partial charge on any atom is -0.462 e. The second kappa shape index (κ2) is 9.32. The Bertz CT molecular complexity index is 887. The van der Waals surface area contributed by atoms with Crippen LogP contribution in [-0.4, -0.2) is 32.7 Å². The van der Waals surface area contributed by atoms with Gasteiger partial charge in [0, 0.05) is 12.1 Å². The molecule has 0 atom stereocenters. The van der Waals surface area contributed by atoms with Crippen LogP contribution in [0.1, 0.15) is 35.7 Å². The van der Waals surface area contributed by atoms with Crippen LogP contribution in [0.4, 0.5) is 5.69 Å². The van der Waals surface area contributed by atoms with E-state index in [0.29, 0.717) is 17.9 Å². The second-order valence-corrected chi connectivity index (χ2v) is 8.19. The van der Waals surface area contributed by atoms with Crippen LogP contribution >= 0.6 is 0 Å². The van der Waals surface area contributed by atoms with Crippen LogP contribution in [-0.2, 0) is 19.4 Å². The molecule has 7 heteroatoms. The predicted octanol–water partition coefficient (Wildman–Crippen LogP) is 3.36. The summed E-state index contributed by atoms with van der Waals surface area (Å²) in [4.78, 5) is 23.9. The van der Waals surface area contributed by atoms with Gasteiger partial charge in [-0.1, -0.05) is 17.7 Å². The van der Waals surface area contributed by atoms with E-state index >= 15 is 0 Å². The van der Waals surface area contributed by atoms with Gasteiger partial charge in [-0.3, -0.25) is 4.79 Å². The van der Waals surface area contributed by atoms with Crippen LogP contribution in [0.2, 0.25) is 0 Å². The first-order valence-electron chi connectivity index (χ1n) is 8.68. The largest absolute Gasteiger partial charge is 0.462 e. The number of carbonyl (C=O) groups excluding carboxylic acids is 2. The number of benzene rings is 2. The molecule has 27 heavy (non-hydrogen) atoms. The van der Waals surface area contributed by atoms with Crippen LogP contribution in [0.3, 0.4) is 0 Å². The summed E-state index contributed by atoms with van der Waals surface area (Å²) in [7, 11) is -3.40. The predicted molar refractivity (Wildman–Crippen MR) is 103 cm³/mol. The van der Waals surface area contributed by atoms with Crippen molar-refractivity contribution in [1.82, 2.24) is 0 Å². The lowest BCUT2D eigenvalue weighted by Gasteiger charge is -2.07. The number of nitrogens with one attached hydrogen (secondary N) is 1. The van der Waals surface area contributed by atoms with Gasteiger partial charge < -0.3 is 10.1 Å². The molecule has 2 rings (SSSR count). The molecule has 0 saturated heterocycles. The number of hydrogen-bond acceptors (Lipinski definition) is 5. The van der Waals surface area contributed by atoms with Gasteiger partial charge in [0.25, 0.3) is 0 Å². The highest BCUT2D eigenvalue weighted by Gasteiger charge is 2.15. The molecule has 0 radical (unpaired) electrons. The molecule has 0 saturated carbocycles. The summed E-state index contributed by atoms with van der Waals surface area (Å²) >= 11 is 0. The van der Waals surface area contributed by atoms with Crippen molar-refractivity contribution in [1.29, 1.82) is 0 Å². The van der Waals surface area contributed by atoms with Crippen molar-refractivity contribution in [3.05, 3.63) is 59.7 Å². The van der Waals surface area contributed by atoms with Crippen LogP contribution in [0.5, 0.6) is 0 Å². The Morgan fingerprint density at radius 1 is 1.00 bits per heavy atom. The zero-order valence-electron chi connectivity index (χ0n) is 15.4. The lowest BCUT2D eigenvalue weighted by Crippen LogP contribution is -2.14. The number of aryl methyl sites for hydroxylation is 1. The highest BCUT2D eigenvalue weighted by atomic mass is 32.2. The Hall–Kier alpha value is -2.67. The number of carbonyl (C=O) groups is 2. The first kappa shape index (κ1) is 20.6. The van der Waals surface area contributed by atoms with Gasteiger partial charge in [0.15, 0.2) is 9.84 Å². The average molecular weight is 389 g/mol. The molecule has 0 heterocycles. The fourth-order valence-corrected chi connectivity index (χ4v) is 3.72. The van der Waals surface area contributed by atoms with Crippen molar-refractivity contribution < 1.29 is 22.7 Å². The molecule has 0 aliphatic carbocycles. The molecule has 0 spiro atoms. The van der Waals surface area contributed by atoms with E-state index in [4.69, 9.17) is 4.74 Å². The lowest BCUT2D eigenvalue weighted by molar-refractivity contribution is -0.116. The summed E-state index contributed by atoms with van der Waals surface area (Å²) in [5, 5.41) is 2.69. The highest BCUT2D eigenvalue weighted by molar-refractivity contribution is 7.91. The van der Waals surface area contributed by atoms with Crippen molar-refractivity contribution in [3.63, 3.8) is 0 Å². The molecule has 144 valence electrons. The minimum atomic E-state index is -3.40. The molecule has 6 nitrogen and oxygen atoms in total. The number of rotatable bonds is 8. The molecule has 0 aromatic heterocycles. The maximum Gasteiger partial charge on any atom is 0.338 e.